The van der Waals surface area contributed by atoms with Gasteiger partial charge in [-0.3, -0.25) is 10.1 Å². The monoisotopic (exact) mass is 356 g/mol. The molecular formula is C14H20N4O5S. The molecule has 1 saturated heterocycles. The number of anilines is 1. The van der Waals surface area contributed by atoms with E-state index in [1.165, 1.54) is 12.1 Å². The van der Waals surface area contributed by atoms with Crippen molar-refractivity contribution >= 4 is 27.2 Å². The van der Waals surface area contributed by atoms with Gasteiger partial charge < -0.3 is 15.1 Å². The molecule has 0 aliphatic carbocycles. The number of hydrogen-bond acceptors (Lipinski definition) is 6. The van der Waals surface area contributed by atoms with Crippen molar-refractivity contribution in [2.75, 3.05) is 49.6 Å². The topological polar surface area (TPSA) is 113 Å². The number of sulfone groups is 1. The maximum absolute atomic E-state index is 12.0. The first-order valence-electron chi connectivity index (χ1n) is 7.46. The highest BCUT2D eigenvalue weighted by atomic mass is 32.2. The minimum atomic E-state index is -3.09. The van der Waals surface area contributed by atoms with Crippen LogP contribution in [0.5, 0.6) is 0 Å². The van der Waals surface area contributed by atoms with Crippen LogP contribution in [0.1, 0.15) is 0 Å². The Morgan fingerprint density at radius 1 is 1.21 bits per heavy atom. The van der Waals surface area contributed by atoms with E-state index in [0.29, 0.717) is 26.2 Å². The quantitative estimate of drug-likeness (QED) is 0.606. The van der Waals surface area contributed by atoms with Gasteiger partial charge in [-0.15, -0.1) is 0 Å². The lowest BCUT2D eigenvalue weighted by Gasteiger charge is -2.36. The number of hydrogen-bond donors (Lipinski definition) is 1. The number of rotatable bonds is 5. The van der Waals surface area contributed by atoms with Gasteiger partial charge in [-0.25, -0.2) is 13.2 Å². The Morgan fingerprint density at radius 2 is 1.79 bits per heavy atom. The van der Waals surface area contributed by atoms with E-state index in [9.17, 15) is 23.3 Å². The van der Waals surface area contributed by atoms with Crippen molar-refractivity contribution in [1.29, 1.82) is 0 Å². The van der Waals surface area contributed by atoms with E-state index in [2.05, 4.69) is 5.32 Å². The van der Waals surface area contributed by atoms with Crippen LogP contribution in [-0.2, 0) is 9.84 Å². The lowest BCUT2D eigenvalue weighted by molar-refractivity contribution is -0.384. The van der Waals surface area contributed by atoms with Gasteiger partial charge in [0.1, 0.15) is 9.84 Å². The zero-order valence-electron chi connectivity index (χ0n) is 13.3. The molecule has 0 radical (unpaired) electrons. The molecule has 9 nitrogen and oxygen atoms in total. The SMILES string of the molecule is CS(=O)(=O)CCNC(=O)N1CCN(c2ccc([N+](=O)[O-])cc2)CC1. The lowest BCUT2D eigenvalue weighted by Crippen LogP contribution is -2.52. The molecule has 0 atom stereocenters. The summed E-state index contributed by atoms with van der Waals surface area (Å²) in [4.78, 5) is 25.9. The van der Waals surface area contributed by atoms with Gasteiger partial charge in [0.15, 0.2) is 0 Å². The molecule has 0 unspecified atom stereocenters. The Hall–Kier alpha value is -2.36. The van der Waals surface area contributed by atoms with Crippen LogP contribution in [0.25, 0.3) is 0 Å². The number of nitro groups is 1. The molecule has 2 amide bonds. The van der Waals surface area contributed by atoms with Gasteiger partial charge in [0, 0.05) is 56.8 Å². The molecule has 0 saturated carbocycles. The first kappa shape index (κ1) is 18.0. The number of carbonyl (C=O) groups excluding carboxylic acids is 1. The summed E-state index contributed by atoms with van der Waals surface area (Å²) in [5, 5.41) is 13.3. The van der Waals surface area contributed by atoms with Gasteiger partial charge in [-0.05, 0) is 12.1 Å². The van der Waals surface area contributed by atoms with Gasteiger partial charge in [0.2, 0.25) is 0 Å². The van der Waals surface area contributed by atoms with Crippen LogP contribution in [0, 0.1) is 10.1 Å². The first-order valence-corrected chi connectivity index (χ1v) is 9.52. The molecule has 0 bridgehead atoms. The van der Waals surface area contributed by atoms with Crippen LogP contribution in [0.4, 0.5) is 16.2 Å². The van der Waals surface area contributed by atoms with Crippen LogP contribution in [0.3, 0.4) is 0 Å². The van der Waals surface area contributed by atoms with E-state index < -0.39 is 14.8 Å². The summed E-state index contributed by atoms with van der Waals surface area (Å²) in [6.07, 6.45) is 1.13. The summed E-state index contributed by atoms with van der Waals surface area (Å²) in [6.45, 7) is 2.32. The van der Waals surface area contributed by atoms with E-state index in [1.54, 1.807) is 17.0 Å². The van der Waals surface area contributed by atoms with Crippen molar-refractivity contribution in [3.63, 3.8) is 0 Å². The smallest absolute Gasteiger partial charge is 0.317 e. The summed E-state index contributed by atoms with van der Waals surface area (Å²) in [6, 6.07) is 6.03. The van der Waals surface area contributed by atoms with Gasteiger partial charge in [0.25, 0.3) is 5.69 Å². The van der Waals surface area contributed by atoms with Crippen molar-refractivity contribution < 1.29 is 18.1 Å². The van der Waals surface area contributed by atoms with E-state index in [4.69, 9.17) is 0 Å². The molecule has 2 rings (SSSR count). The van der Waals surface area contributed by atoms with Crippen molar-refractivity contribution in [1.82, 2.24) is 10.2 Å². The number of piperazine rings is 1. The molecule has 1 N–H and O–H groups in total. The Morgan fingerprint density at radius 3 is 2.29 bits per heavy atom. The van der Waals surface area contributed by atoms with E-state index in [-0.39, 0.29) is 24.0 Å². The number of nitrogens with one attached hydrogen (secondary N) is 1. The molecule has 24 heavy (non-hydrogen) atoms. The third-order valence-corrected chi connectivity index (χ3v) is 4.69. The fraction of sp³-hybridized carbons (Fsp3) is 0.500. The second-order valence-electron chi connectivity index (χ2n) is 5.61. The van der Waals surface area contributed by atoms with E-state index in [1.807, 2.05) is 4.90 Å². The first-order chi connectivity index (χ1) is 11.3. The van der Waals surface area contributed by atoms with Gasteiger partial charge in [-0.2, -0.15) is 0 Å². The molecule has 0 spiro atoms. The molecule has 1 fully saturated rings. The summed E-state index contributed by atoms with van der Waals surface area (Å²) < 4.78 is 22.1. The lowest BCUT2D eigenvalue weighted by atomic mass is 10.2. The number of benzene rings is 1. The van der Waals surface area contributed by atoms with Crippen molar-refractivity contribution in [2.24, 2.45) is 0 Å². The van der Waals surface area contributed by atoms with Gasteiger partial charge >= 0.3 is 6.03 Å². The third kappa shape index (κ3) is 5.08. The number of urea groups is 1. The van der Waals surface area contributed by atoms with E-state index >= 15 is 0 Å². The minimum absolute atomic E-state index is 0.0441. The summed E-state index contributed by atoms with van der Waals surface area (Å²) >= 11 is 0. The highest BCUT2D eigenvalue weighted by molar-refractivity contribution is 7.90. The van der Waals surface area contributed by atoms with E-state index in [0.717, 1.165) is 11.9 Å². The fourth-order valence-corrected chi connectivity index (χ4v) is 2.88. The second kappa shape index (κ2) is 7.47. The zero-order valence-corrected chi connectivity index (χ0v) is 14.2. The number of nitrogens with zero attached hydrogens (tertiary/aromatic N) is 3. The minimum Gasteiger partial charge on any atom is -0.368 e. The molecule has 1 aliphatic rings. The fourth-order valence-electron chi connectivity index (χ4n) is 2.41. The average Bonchev–Trinajstić information content (AvgIpc) is 2.54. The predicted molar refractivity (Wildman–Crippen MR) is 90.0 cm³/mol. The highest BCUT2D eigenvalue weighted by Crippen LogP contribution is 2.20. The van der Waals surface area contributed by atoms with Crippen LogP contribution in [0.2, 0.25) is 0 Å². The number of non-ortho nitro benzene ring substituents is 1. The highest BCUT2D eigenvalue weighted by Gasteiger charge is 2.21. The van der Waals surface area contributed by atoms with Crippen LogP contribution in [0.15, 0.2) is 24.3 Å². The number of carbonyl (C=O) groups is 1. The molecule has 1 aromatic rings. The van der Waals surface area contributed by atoms with Crippen molar-refractivity contribution in [2.45, 2.75) is 0 Å². The molecule has 10 heteroatoms. The van der Waals surface area contributed by atoms with Gasteiger partial charge in [-0.1, -0.05) is 0 Å². The number of amides is 2. The Labute approximate surface area is 140 Å². The van der Waals surface area contributed by atoms with Crippen LogP contribution >= 0.6 is 0 Å². The predicted octanol–water partition coefficient (Wildman–Crippen LogP) is 0.471. The summed E-state index contributed by atoms with van der Waals surface area (Å²) in [5.74, 6) is -0.0818. The maximum Gasteiger partial charge on any atom is 0.317 e. The Balaban J connectivity index is 1.82. The molecule has 0 aromatic heterocycles. The Bertz CT molecular complexity index is 696. The third-order valence-electron chi connectivity index (χ3n) is 3.74. The molecule has 1 aliphatic heterocycles. The normalized spacial score (nSPS) is 15.2. The Kier molecular flexibility index (Phi) is 5.60. The maximum atomic E-state index is 12.0. The second-order valence-corrected chi connectivity index (χ2v) is 7.87. The van der Waals surface area contributed by atoms with Gasteiger partial charge in [0.05, 0.1) is 10.7 Å². The summed E-state index contributed by atoms with van der Waals surface area (Å²) in [7, 11) is -3.09. The van der Waals surface area contributed by atoms with Crippen molar-refractivity contribution in [3.8, 4) is 0 Å². The zero-order chi connectivity index (χ0) is 17.7. The average molecular weight is 356 g/mol. The van der Waals surface area contributed by atoms with Crippen LogP contribution in [-0.4, -0.2) is 69.0 Å². The van der Waals surface area contributed by atoms with Crippen LogP contribution < -0.4 is 10.2 Å². The molecular weight excluding hydrogens is 336 g/mol. The van der Waals surface area contributed by atoms with Crippen molar-refractivity contribution in [3.05, 3.63) is 34.4 Å². The standard InChI is InChI=1S/C14H20N4O5S/c1-24(22,23)11-6-15-14(19)17-9-7-16(8-10-17)12-2-4-13(5-3-12)18(20)21/h2-5H,6-11H2,1H3,(H,15,19). The molecule has 132 valence electrons. The molecule has 1 heterocycles. The molecule has 1 aromatic carbocycles. The largest absolute Gasteiger partial charge is 0.368 e. The summed E-state index contributed by atoms with van der Waals surface area (Å²) in [5.41, 5.74) is 0.917. The number of nitro benzene ring substituents is 1.